The van der Waals surface area contributed by atoms with Gasteiger partial charge in [0.2, 0.25) is 0 Å². The van der Waals surface area contributed by atoms with Crippen LogP contribution in [0.1, 0.15) is 36.5 Å². The fraction of sp³-hybridized carbons (Fsp3) is 0.350. The maximum Gasteiger partial charge on any atom is 0.255 e. The van der Waals surface area contributed by atoms with Crippen molar-refractivity contribution in [1.29, 1.82) is 0 Å². The van der Waals surface area contributed by atoms with E-state index in [0.717, 1.165) is 18.0 Å². The molecule has 1 amide bonds. The van der Waals surface area contributed by atoms with Gasteiger partial charge >= 0.3 is 0 Å². The zero-order valence-electron chi connectivity index (χ0n) is 14.3. The Kier molecular flexibility index (Phi) is 5.04. The molecule has 4 heteroatoms. The number of carbonyl (C=O) groups is 1. The van der Waals surface area contributed by atoms with E-state index in [2.05, 4.69) is 29.3 Å². The molecule has 126 valence electrons. The summed E-state index contributed by atoms with van der Waals surface area (Å²) in [5, 5.41) is 2.94. The third-order valence-corrected chi connectivity index (χ3v) is 4.61. The molecule has 4 nitrogen and oxygen atoms in total. The van der Waals surface area contributed by atoms with E-state index in [4.69, 9.17) is 4.74 Å². The number of methoxy groups -OCH3 is 1. The van der Waals surface area contributed by atoms with Gasteiger partial charge in [-0.1, -0.05) is 0 Å². The number of hydrogen-bond donors (Lipinski definition) is 1. The largest absolute Gasteiger partial charge is 0.497 e. The lowest BCUT2D eigenvalue weighted by Crippen LogP contribution is -2.37. The molecule has 0 bridgehead atoms. The fourth-order valence-corrected chi connectivity index (χ4v) is 3.16. The third-order valence-electron chi connectivity index (χ3n) is 4.61. The number of benzene rings is 2. The van der Waals surface area contributed by atoms with Crippen LogP contribution >= 0.6 is 0 Å². The molecule has 1 saturated heterocycles. The van der Waals surface area contributed by atoms with Crippen LogP contribution in [0, 0.1) is 0 Å². The smallest absolute Gasteiger partial charge is 0.255 e. The standard InChI is InChI=1S/C20H24N2O2/c1-15-5-3-4-14-22(15)18-10-8-17(9-11-18)21-20(23)16-6-12-19(24-2)13-7-16/h6-13,15H,3-5,14H2,1-2H3,(H,21,23)/t15-/m1/s1. The first kappa shape index (κ1) is 16.4. The second-order valence-electron chi connectivity index (χ2n) is 6.27. The SMILES string of the molecule is COc1ccc(C(=O)Nc2ccc(N3CCCC[C@H]3C)cc2)cc1. The van der Waals surface area contributed by atoms with E-state index in [-0.39, 0.29) is 5.91 Å². The summed E-state index contributed by atoms with van der Waals surface area (Å²) in [4.78, 5) is 14.7. The first-order valence-corrected chi connectivity index (χ1v) is 8.49. The van der Waals surface area contributed by atoms with Crippen LogP contribution in [-0.4, -0.2) is 25.6 Å². The fourth-order valence-electron chi connectivity index (χ4n) is 3.16. The monoisotopic (exact) mass is 324 g/mol. The number of hydrogen-bond acceptors (Lipinski definition) is 3. The summed E-state index contributed by atoms with van der Waals surface area (Å²) in [6.45, 7) is 3.39. The highest BCUT2D eigenvalue weighted by molar-refractivity contribution is 6.04. The lowest BCUT2D eigenvalue weighted by Gasteiger charge is -2.35. The molecule has 1 aliphatic heterocycles. The molecule has 0 aromatic heterocycles. The molecule has 1 aliphatic rings. The number of nitrogens with one attached hydrogen (secondary N) is 1. The van der Waals surface area contributed by atoms with Crippen LogP contribution in [0.4, 0.5) is 11.4 Å². The molecule has 3 rings (SSSR count). The Balaban J connectivity index is 1.65. The summed E-state index contributed by atoms with van der Waals surface area (Å²) in [5.41, 5.74) is 2.65. The van der Waals surface area contributed by atoms with Gasteiger partial charge in [-0.05, 0) is 74.7 Å². The summed E-state index contributed by atoms with van der Waals surface area (Å²) in [6.07, 6.45) is 3.81. The molecule has 1 N–H and O–H groups in total. The molecule has 0 aliphatic carbocycles. The van der Waals surface area contributed by atoms with Crippen LogP contribution in [0.15, 0.2) is 48.5 Å². The molecule has 1 atom stereocenters. The summed E-state index contributed by atoms with van der Waals surface area (Å²) < 4.78 is 5.11. The van der Waals surface area contributed by atoms with Crippen molar-refractivity contribution in [1.82, 2.24) is 0 Å². The highest BCUT2D eigenvalue weighted by atomic mass is 16.5. The van der Waals surface area contributed by atoms with Gasteiger partial charge in [0.1, 0.15) is 5.75 Å². The van der Waals surface area contributed by atoms with Crippen molar-refractivity contribution in [2.45, 2.75) is 32.2 Å². The highest BCUT2D eigenvalue weighted by Crippen LogP contribution is 2.26. The Morgan fingerprint density at radius 2 is 1.79 bits per heavy atom. The summed E-state index contributed by atoms with van der Waals surface area (Å²) in [5.74, 6) is 0.628. The second-order valence-corrected chi connectivity index (χ2v) is 6.27. The van der Waals surface area contributed by atoms with Gasteiger partial charge in [-0.3, -0.25) is 4.79 Å². The van der Waals surface area contributed by atoms with Gasteiger partial charge in [-0.25, -0.2) is 0 Å². The van der Waals surface area contributed by atoms with E-state index in [1.807, 2.05) is 12.1 Å². The van der Waals surface area contributed by atoms with Gasteiger partial charge < -0.3 is 15.0 Å². The van der Waals surface area contributed by atoms with Crippen molar-refractivity contribution >= 4 is 17.3 Å². The number of ether oxygens (including phenoxy) is 1. The van der Waals surface area contributed by atoms with Crippen LogP contribution in [0.25, 0.3) is 0 Å². The Morgan fingerprint density at radius 3 is 2.42 bits per heavy atom. The Morgan fingerprint density at radius 1 is 1.08 bits per heavy atom. The average Bonchev–Trinajstić information content (AvgIpc) is 2.63. The van der Waals surface area contributed by atoms with Crippen molar-refractivity contribution < 1.29 is 9.53 Å². The molecule has 1 fully saturated rings. The minimum absolute atomic E-state index is 0.114. The van der Waals surface area contributed by atoms with Gasteiger partial charge in [-0.2, -0.15) is 0 Å². The van der Waals surface area contributed by atoms with E-state index < -0.39 is 0 Å². The zero-order chi connectivity index (χ0) is 16.9. The second kappa shape index (κ2) is 7.39. The van der Waals surface area contributed by atoms with Crippen molar-refractivity contribution in [2.24, 2.45) is 0 Å². The molecule has 24 heavy (non-hydrogen) atoms. The number of carbonyl (C=O) groups excluding carboxylic acids is 1. The van der Waals surface area contributed by atoms with Crippen molar-refractivity contribution in [3.05, 3.63) is 54.1 Å². The van der Waals surface area contributed by atoms with Crippen LogP contribution in [0.5, 0.6) is 5.75 Å². The van der Waals surface area contributed by atoms with Gasteiger partial charge in [0.15, 0.2) is 0 Å². The van der Waals surface area contributed by atoms with Crippen molar-refractivity contribution in [2.75, 3.05) is 23.9 Å². The van der Waals surface area contributed by atoms with Crippen LogP contribution in [0.2, 0.25) is 0 Å². The molecule has 0 spiro atoms. The van der Waals surface area contributed by atoms with E-state index in [9.17, 15) is 4.79 Å². The van der Waals surface area contributed by atoms with Gasteiger partial charge in [0.05, 0.1) is 7.11 Å². The topological polar surface area (TPSA) is 41.6 Å². The highest BCUT2D eigenvalue weighted by Gasteiger charge is 2.18. The Hall–Kier alpha value is -2.49. The van der Waals surface area contributed by atoms with E-state index >= 15 is 0 Å². The number of rotatable bonds is 4. The first-order chi connectivity index (χ1) is 11.7. The maximum absolute atomic E-state index is 12.3. The van der Waals surface area contributed by atoms with Crippen LogP contribution in [-0.2, 0) is 0 Å². The lowest BCUT2D eigenvalue weighted by molar-refractivity contribution is 0.102. The van der Waals surface area contributed by atoms with Gasteiger partial charge in [-0.15, -0.1) is 0 Å². The van der Waals surface area contributed by atoms with Crippen LogP contribution < -0.4 is 15.0 Å². The molecule has 2 aromatic rings. The normalized spacial score (nSPS) is 17.4. The maximum atomic E-state index is 12.3. The number of nitrogens with zero attached hydrogens (tertiary/aromatic N) is 1. The number of anilines is 2. The molecule has 0 saturated carbocycles. The summed E-state index contributed by atoms with van der Waals surface area (Å²) >= 11 is 0. The summed E-state index contributed by atoms with van der Waals surface area (Å²) in [7, 11) is 1.61. The Labute approximate surface area is 143 Å². The number of amides is 1. The molecule has 1 heterocycles. The van der Waals surface area contributed by atoms with Gasteiger partial charge in [0.25, 0.3) is 5.91 Å². The van der Waals surface area contributed by atoms with Crippen LogP contribution in [0.3, 0.4) is 0 Å². The minimum Gasteiger partial charge on any atom is -0.497 e. The summed E-state index contributed by atoms with van der Waals surface area (Å²) in [6, 6.07) is 15.8. The molecule has 0 radical (unpaired) electrons. The zero-order valence-corrected chi connectivity index (χ0v) is 14.3. The lowest BCUT2D eigenvalue weighted by atomic mass is 10.0. The number of piperidine rings is 1. The molecular weight excluding hydrogens is 300 g/mol. The van der Waals surface area contributed by atoms with E-state index in [0.29, 0.717) is 11.6 Å². The third kappa shape index (κ3) is 3.70. The molecular formula is C20H24N2O2. The van der Waals surface area contributed by atoms with Gasteiger partial charge in [0, 0.05) is 29.5 Å². The quantitative estimate of drug-likeness (QED) is 0.910. The van der Waals surface area contributed by atoms with Crippen molar-refractivity contribution in [3.63, 3.8) is 0 Å². The predicted molar refractivity (Wildman–Crippen MR) is 98.0 cm³/mol. The average molecular weight is 324 g/mol. The van der Waals surface area contributed by atoms with Crippen molar-refractivity contribution in [3.8, 4) is 5.75 Å². The van der Waals surface area contributed by atoms with E-state index in [1.54, 1.807) is 31.4 Å². The minimum atomic E-state index is -0.114. The molecule has 0 unspecified atom stereocenters. The first-order valence-electron chi connectivity index (χ1n) is 8.49. The predicted octanol–water partition coefficient (Wildman–Crippen LogP) is 4.33. The Bertz CT molecular complexity index is 680. The molecule has 2 aromatic carbocycles. The van der Waals surface area contributed by atoms with E-state index in [1.165, 1.54) is 24.9 Å².